The Morgan fingerprint density at radius 1 is 1.45 bits per heavy atom. The van der Waals surface area contributed by atoms with Crippen molar-refractivity contribution < 1.29 is 23.0 Å². The average Bonchev–Trinajstić information content (AvgIpc) is 2.45. The van der Waals surface area contributed by atoms with Crippen LogP contribution in [0.5, 0.6) is 0 Å². The number of nitrogens with one attached hydrogen (secondary N) is 1. The highest BCUT2D eigenvalue weighted by atomic mass is 19.4. The molecule has 1 aliphatic rings. The van der Waals surface area contributed by atoms with Crippen molar-refractivity contribution in [1.82, 2.24) is 9.97 Å². The Bertz CT molecular complexity index is 444. The van der Waals surface area contributed by atoms with Crippen LogP contribution in [-0.4, -0.2) is 60.2 Å². The van der Waals surface area contributed by atoms with Gasteiger partial charge in [0.2, 0.25) is 0 Å². The number of halogens is 3. The van der Waals surface area contributed by atoms with Crippen LogP contribution in [0.1, 0.15) is 0 Å². The topological polar surface area (TPSA) is 70.5 Å². The second-order valence-corrected chi connectivity index (χ2v) is 4.26. The van der Waals surface area contributed by atoms with Gasteiger partial charge in [0, 0.05) is 19.2 Å². The Morgan fingerprint density at radius 3 is 2.95 bits per heavy atom. The zero-order valence-corrected chi connectivity index (χ0v) is 10.6. The zero-order chi connectivity index (χ0) is 14.6. The third-order valence-electron chi connectivity index (χ3n) is 2.83. The van der Waals surface area contributed by atoms with Crippen molar-refractivity contribution in [2.75, 3.05) is 43.1 Å². The van der Waals surface area contributed by atoms with E-state index < -0.39 is 12.3 Å². The summed E-state index contributed by atoms with van der Waals surface area (Å²) in [5, 5.41) is 11.5. The van der Waals surface area contributed by atoms with Gasteiger partial charge in [-0.25, -0.2) is 9.97 Å². The molecule has 6 nitrogen and oxygen atoms in total. The van der Waals surface area contributed by atoms with E-state index in [-0.39, 0.29) is 19.8 Å². The fraction of sp³-hybridized carbons (Fsp3) is 0.636. The molecular weight excluding hydrogens is 277 g/mol. The lowest BCUT2D eigenvalue weighted by atomic mass is 10.2. The minimum absolute atomic E-state index is 0.00637. The molecule has 2 N–H and O–H groups in total. The van der Waals surface area contributed by atoms with E-state index in [9.17, 15) is 13.2 Å². The quantitative estimate of drug-likeness (QED) is 0.849. The molecule has 0 aromatic carbocycles. The van der Waals surface area contributed by atoms with Gasteiger partial charge in [0.25, 0.3) is 0 Å². The maximum absolute atomic E-state index is 12.7. The van der Waals surface area contributed by atoms with Crippen molar-refractivity contribution in [3.8, 4) is 0 Å². The molecule has 0 aliphatic carbocycles. The third-order valence-corrected chi connectivity index (χ3v) is 2.83. The lowest BCUT2D eigenvalue weighted by Crippen LogP contribution is -2.49. The molecule has 0 radical (unpaired) electrons. The number of alkyl halides is 3. The van der Waals surface area contributed by atoms with E-state index in [4.69, 9.17) is 9.84 Å². The highest BCUT2D eigenvalue weighted by Gasteiger charge is 2.43. The molecule has 0 spiro atoms. The average molecular weight is 292 g/mol. The van der Waals surface area contributed by atoms with Crippen LogP contribution in [0.15, 0.2) is 12.4 Å². The summed E-state index contributed by atoms with van der Waals surface area (Å²) in [6.07, 6.45) is -4.92. The van der Waals surface area contributed by atoms with Gasteiger partial charge in [0.1, 0.15) is 18.0 Å². The number of nitrogens with zero attached hydrogens (tertiary/aromatic N) is 3. The number of aliphatic hydroxyl groups excluding tert-OH is 1. The summed E-state index contributed by atoms with van der Waals surface area (Å²) >= 11 is 0. The fourth-order valence-electron chi connectivity index (χ4n) is 1.86. The molecular formula is C11H15F3N4O2. The SMILES string of the molecule is OCCNc1cc(N2CCO[C@@H](C(F)(F)F)C2)ncn1. The summed E-state index contributed by atoms with van der Waals surface area (Å²) in [4.78, 5) is 9.41. The van der Waals surface area contributed by atoms with Crippen molar-refractivity contribution in [2.45, 2.75) is 12.3 Å². The molecule has 20 heavy (non-hydrogen) atoms. The summed E-state index contributed by atoms with van der Waals surface area (Å²) in [5.41, 5.74) is 0. The van der Waals surface area contributed by atoms with Gasteiger partial charge in [-0.05, 0) is 0 Å². The van der Waals surface area contributed by atoms with Crippen LogP contribution in [0.3, 0.4) is 0 Å². The Kier molecular flexibility index (Phi) is 4.61. The summed E-state index contributed by atoms with van der Waals surface area (Å²) < 4.78 is 42.7. The van der Waals surface area contributed by atoms with E-state index in [1.807, 2.05) is 0 Å². The van der Waals surface area contributed by atoms with Gasteiger partial charge >= 0.3 is 6.18 Å². The number of ether oxygens (including phenoxy) is 1. The van der Waals surface area contributed by atoms with E-state index in [1.165, 1.54) is 11.2 Å². The van der Waals surface area contributed by atoms with Crippen molar-refractivity contribution in [3.63, 3.8) is 0 Å². The van der Waals surface area contributed by atoms with E-state index in [0.29, 0.717) is 24.7 Å². The van der Waals surface area contributed by atoms with E-state index in [0.717, 1.165) is 0 Å². The summed E-state index contributed by atoms with van der Waals surface area (Å²) in [6, 6.07) is 1.55. The van der Waals surface area contributed by atoms with Gasteiger partial charge in [-0.3, -0.25) is 0 Å². The van der Waals surface area contributed by atoms with Crippen molar-refractivity contribution in [1.29, 1.82) is 0 Å². The van der Waals surface area contributed by atoms with Crippen LogP contribution in [0, 0.1) is 0 Å². The number of morpholine rings is 1. The van der Waals surface area contributed by atoms with Gasteiger partial charge in [-0.2, -0.15) is 13.2 Å². The number of aliphatic hydroxyl groups is 1. The number of anilines is 2. The number of hydrogen-bond acceptors (Lipinski definition) is 6. The van der Waals surface area contributed by atoms with Crippen molar-refractivity contribution >= 4 is 11.6 Å². The first-order valence-corrected chi connectivity index (χ1v) is 6.11. The normalized spacial score (nSPS) is 20.0. The number of hydrogen-bond donors (Lipinski definition) is 2. The smallest absolute Gasteiger partial charge is 0.395 e. The molecule has 0 unspecified atom stereocenters. The summed E-state index contributed by atoms with van der Waals surface area (Å²) in [6.45, 7) is 0.286. The molecule has 2 heterocycles. The minimum Gasteiger partial charge on any atom is -0.395 e. The van der Waals surface area contributed by atoms with Crippen LogP contribution in [-0.2, 0) is 4.74 Å². The first-order chi connectivity index (χ1) is 9.50. The molecule has 0 amide bonds. The lowest BCUT2D eigenvalue weighted by Gasteiger charge is -2.34. The Hall–Kier alpha value is -1.61. The second-order valence-electron chi connectivity index (χ2n) is 4.26. The maximum atomic E-state index is 12.7. The first-order valence-electron chi connectivity index (χ1n) is 6.11. The van der Waals surface area contributed by atoms with Gasteiger partial charge in [0.05, 0.1) is 19.8 Å². The molecule has 1 atom stereocenters. The summed E-state index contributed by atoms with van der Waals surface area (Å²) in [5.74, 6) is 0.858. The highest BCUT2D eigenvalue weighted by molar-refractivity contribution is 5.48. The Labute approximate surface area is 113 Å². The molecule has 0 saturated carbocycles. The first kappa shape index (κ1) is 14.8. The third kappa shape index (κ3) is 3.70. The highest BCUT2D eigenvalue weighted by Crippen LogP contribution is 2.27. The minimum atomic E-state index is -4.39. The molecule has 1 fully saturated rings. The molecule has 112 valence electrons. The van der Waals surface area contributed by atoms with E-state index in [2.05, 4.69) is 15.3 Å². The van der Waals surface area contributed by atoms with Crippen LogP contribution < -0.4 is 10.2 Å². The lowest BCUT2D eigenvalue weighted by molar-refractivity contribution is -0.221. The van der Waals surface area contributed by atoms with Crippen LogP contribution in [0.25, 0.3) is 0 Å². The second kappa shape index (κ2) is 6.23. The predicted octanol–water partition coefficient (Wildman–Crippen LogP) is 0.648. The molecule has 2 rings (SSSR count). The van der Waals surface area contributed by atoms with Crippen LogP contribution >= 0.6 is 0 Å². The number of rotatable bonds is 4. The molecule has 9 heteroatoms. The molecule has 1 aromatic heterocycles. The van der Waals surface area contributed by atoms with Gasteiger partial charge in [-0.15, -0.1) is 0 Å². The van der Waals surface area contributed by atoms with Crippen molar-refractivity contribution in [2.24, 2.45) is 0 Å². The predicted molar refractivity (Wildman–Crippen MR) is 65.6 cm³/mol. The van der Waals surface area contributed by atoms with Gasteiger partial charge in [-0.1, -0.05) is 0 Å². The monoisotopic (exact) mass is 292 g/mol. The largest absolute Gasteiger partial charge is 0.416 e. The Balaban J connectivity index is 2.07. The maximum Gasteiger partial charge on any atom is 0.416 e. The van der Waals surface area contributed by atoms with Crippen molar-refractivity contribution in [3.05, 3.63) is 12.4 Å². The fourth-order valence-corrected chi connectivity index (χ4v) is 1.86. The van der Waals surface area contributed by atoms with Crippen LogP contribution in [0.4, 0.5) is 24.8 Å². The standard InChI is InChI=1S/C11H15F3N4O2/c12-11(13,14)8-6-18(2-4-20-8)10-5-9(15-1-3-19)16-7-17-10/h5,7-8,19H,1-4,6H2,(H,15,16,17)/t8-/m1/s1. The Morgan fingerprint density at radius 2 is 2.25 bits per heavy atom. The molecule has 0 bridgehead atoms. The molecule has 1 aromatic rings. The number of aromatic nitrogens is 2. The van der Waals surface area contributed by atoms with Crippen LogP contribution in [0.2, 0.25) is 0 Å². The van der Waals surface area contributed by atoms with Gasteiger partial charge in [0.15, 0.2) is 6.10 Å². The zero-order valence-electron chi connectivity index (χ0n) is 10.6. The van der Waals surface area contributed by atoms with E-state index >= 15 is 0 Å². The summed E-state index contributed by atoms with van der Waals surface area (Å²) in [7, 11) is 0. The van der Waals surface area contributed by atoms with E-state index in [1.54, 1.807) is 6.07 Å². The van der Waals surface area contributed by atoms with Gasteiger partial charge < -0.3 is 20.1 Å². The molecule has 1 aliphatic heterocycles. The molecule has 1 saturated heterocycles.